The second-order valence-electron chi connectivity index (χ2n) is 5.89. The third-order valence-electron chi connectivity index (χ3n) is 4.01. The first-order chi connectivity index (χ1) is 12.5. The fraction of sp³-hybridized carbons (Fsp3) is 0.0952. The molecule has 0 aliphatic carbocycles. The second kappa shape index (κ2) is 8.72. The van der Waals surface area contributed by atoms with Crippen molar-refractivity contribution < 1.29 is 4.79 Å². The molecule has 3 aromatic carbocycles. The molecule has 0 aromatic heterocycles. The fourth-order valence-electron chi connectivity index (χ4n) is 2.63. The lowest BCUT2D eigenvalue weighted by molar-refractivity contribution is 0.0976. The van der Waals surface area contributed by atoms with Crippen molar-refractivity contribution in [1.29, 1.82) is 0 Å². The Hall–Kier alpha value is -1.81. The van der Waals surface area contributed by atoms with Gasteiger partial charge in [0.1, 0.15) is 0 Å². The Morgan fingerprint density at radius 1 is 0.846 bits per heavy atom. The highest BCUT2D eigenvalue weighted by molar-refractivity contribution is 9.10. The Morgan fingerprint density at radius 3 is 1.96 bits per heavy atom. The van der Waals surface area contributed by atoms with E-state index in [2.05, 4.69) is 21.2 Å². The predicted octanol–water partition coefficient (Wildman–Crippen LogP) is 7.18. The van der Waals surface area contributed by atoms with E-state index in [0.29, 0.717) is 22.0 Å². The van der Waals surface area contributed by atoms with Crippen LogP contribution in [0.2, 0.25) is 10.0 Å². The number of rotatable bonds is 6. The third-order valence-corrected chi connectivity index (χ3v) is 5.05. The van der Waals surface area contributed by atoms with Crippen LogP contribution in [0.3, 0.4) is 0 Å². The molecule has 0 saturated carbocycles. The monoisotopic (exact) mass is 447 g/mol. The fourth-order valence-corrected chi connectivity index (χ4v) is 3.15. The molecule has 2 nitrogen and oxygen atoms in total. The number of carbonyl (C=O) groups excluding carboxylic acids is 1. The average Bonchev–Trinajstić information content (AvgIpc) is 2.64. The lowest BCUT2D eigenvalue weighted by Gasteiger charge is -2.20. The summed E-state index contributed by atoms with van der Waals surface area (Å²) in [5.41, 5.74) is 2.59. The number of ketones is 1. The van der Waals surface area contributed by atoms with Crippen LogP contribution in [0.25, 0.3) is 0 Å². The number of Topliss-reactive ketones (excluding diaryl/α,β-unsaturated/α-hetero) is 1. The van der Waals surface area contributed by atoms with Gasteiger partial charge in [0.05, 0.1) is 6.04 Å². The molecule has 0 amide bonds. The Morgan fingerprint density at radius 2 is 1.38 bits per heavy atom. The zero-order valence-corrected chi connectivity index (χ0v) is 16.9. The number of anilines is 1. The van der Waals surface area contributed by atoms with E-state index in [1.165, 1.54) is 0 Å². The molecular formula is C21H16BrCl2NO. The van der Waals surface area contributed by atoms with Gasteiger partial charge in [0.15, 0.2) is 5.78 Å². The maximum Gasteiger partial charge on any atom is 0.165 e. The molecule has 1 atom stereocenters. The Bertz CT molecular complexity index is 877. The van der Waals surface area contributed by atoms with Gasteiger partial charge in [-0.25, -0.2) is 0 Å². The van der Waals surface area contributed by atoms with E-state index in [4.69, 9.17) is 23.2 Å². The van der Waals surface area contributed by atoms with Crippen molar-refractivity contribution in [1.82, 2.24) is 0 Å². The zero-order valence-electron chi connectivity index (χ0n) is 13.8. The Kier molecular flexibility index (Phi) is 6.36. The van der Waals surface area contributed by atoms with Gasteiger partial charge >= 0.3 is 0 Å². The molecule has 26 heavy (non-hydrogen) atoms. The smallest absolute Gasteiger partial charge is 0.165 e. The van der Waals surface area contributed by atoms with Gasteiger partial charge in [0.25, 0.3) is 0 Å². The lowest BCUT2D eigenvalue weighted by atomic mass is 9.97. The first-order valence-electron chi connectivity index (χ1n) is 8.07. The summed E-state index contributed by atoms with van der Waals surface area (Å²) in [6.07, 6.45) is 0.325. The molecule has 0 fully saturated rings. The van der Waals surface area contributed by atoms with E-state index in [0.717, 1.165) is 15.7 Å². The summed E-state index contributed by atoms with van der Waals surface area (Å²) in [5, 5.41) is 4.72. The van der Waals surface area contributed by atoms with Crippen molar-refractivity contribution in [3.63, 3.8) is 0 Å². The quantitative estimate of drug-likeness (QED) is 0.404. The molecule has 1 N–H and O–H groups in total. The van der Waals surface area contributed by atoms with Crippen molar-refractivity contribution >= 4 is 50.6 Å². The Balaban J connectivity index is 1.84. The minimum atomic E-state index is -0.160. The highest BCUT2D eigenvalue weighted by atomic mass is 79.9. The highest BCUT2D eigenvalue weighted by Gasteiger charge is 2.17. The molecule has 0 aliphatic heterocycles. The predicted molar refractivity (Wildman–Crippen MR) is 112 cm³/mol. The minimum Gasteiger partial charge on any atom is -0.378 e. The van der Waals surface area contributed by atoms with Gasteiger partial charge in [0, 0.05) is 32.2 Å². The largest absolute Gasteiger partial charge is 0.378 e. The summed E-state index contributed by atoms with van der Waals surface area (Å²) in [5.74, 6) is 0.0519. The molecule has 0 unspecified atom stereocenters. The third kappa shape index (κ3) is 5.10. The summed E-state index contributed by atoms with van der Waals surface area (Å²) < 4.78 is 0.996. The summed E-state index contributed by atoms with van der Waals surface area (Å²) in [7, 11) is 0. The van der Waals surface area contributed by atoms with Gasteiger partial charge in [0.2, 0.25) is 0 Å². The van der Waals surface area contributed by atoms with Gasteiger partial charge in [-0.3, -0.25) is 4.79 Å². The highest BCUT2D eigenvalue weighted by Crippen LogP contribution is 2.27. The van der Waals surface area contributed by atoms with Gasteiger partial charge < -0.3 is 5.32 Å². The number of benzene rings is 3. The summed E-state index contributed by atoms with van der Waals surface area (Å²) in [6, 6.07) is 22.2. The van der Waals surface area contributed by atoms with Crippen LogP contribution in [0.4, 0.5) is 5.69 Å². The van der Waals surface area contributed by atoms with Crippen LogP contribution >= 0.6 is 39.1 Å². The first kappa shape index (κ1) is 19.0. The molecule has 0 aliphatic rings. The van der Waals surface area contributed by atoms with E-state index >= 15 is 0 Å². The van der Waals surface area contributed by atoms with E-state index < -0.39 is 0 Å². The Labute approximate surface area is 171 Å². The molecule has 0 heterocycles. The van der Waals surface area contributed by atoms with Crippen LogP contribution in [0.15, 0.2) is 77.3 Å². The standard InChI is InChI=1S/C21H16BrCl2NO/c22-16-5-1-14(2-6-16)20(25-19-11-9-18(24)10-12-19)13-21(26)15-3-7-17(23)8-4-15/h1-12,20,25H,13H2/t20-/m0/s1. The van der Waals surface area contributed by atoms with Crippen molar-refractivity contribution in [2.24, 2.45) is 0 Å². The number of hydrogen-bond donors (Lipinski definition) is 1. The molecule has 0 bridgehead atoms. The number of nitrogens with one attached hydrogen (secondary N) is 1. The molecule has 0 spiro atoms. The van der Waals surface area contributed by atoms with Crippen LogP contribution in [0.1, 0.15) is 28.4 Å². The normalized spacial score (nSPS) is 11.8. The molecule has 3 rings (SSSR count). The van der Waals surface area contributed by atoms with E-state index in [1.54, 1.807) is 24.3 Å². The SMILES string of the molecule is O=C(C[C@H](Nc1ccc(Cl)cc1)c1ccc(Br)cc1)c1ccc(Cl)cc1. The topological polar surface area (TPSA) is 29.1 Å². The molecule has 5 heteroatoms. The van der Waals surface area contributed by atoms with Crippen LogP contribution < -0.4 is 5.32 Å². The van der Waals surface area contributed by atoms with Crippen molar-refractivity contribution in [2.45, 2.75) is 12.5 Å². The summed E-state index contributed by atoms with van der Waals surface area (Å²) in [6.45, 7) is 0. The summed E-state index contributed by atoms with van der Waals surface area (Å²) in [4.78, 5) is 12.7. The molecule has 0 radical (unpaired) electrons. The van der Waals surface area contributed by atoms with Gasteiger partial charge in [-0.1, -0.05) is 51.3 Å². The number of carbonyl (C=O) groups is 1. The van der Waals surface area contributed by atoms with Crippen molar-refractivity contribution in [3.05, 3.63) is 98.4 Å². The molecular weight excluding hydrogens is 433 g/mol. The van der Waals surface area contributed by atoms with Gasteiger partial charge in [-0.05, 0) is 66.2 Å². The minimum absolute atomic E-state index is 0.0519. The van der Waals surface area contributed by atoms with Gasteiger partial charge in [-0.2, -0.15) is 0 Å². The van der Waals surface area contributed by atoms with Crippen LogP contribution in [-0.4, -0.2) is 5.78 Å². The van der Waals surface area contributed by atoms with Crippen LogP contribution in [0, 0.1) is 0 Å². The molecule has 3 aromatic rings. The zero-order chi connectivity index (χ0) is 18.5. The number of halogens is 3. The van der Waals surface area contributed by atoms with E-state index in [-0.39, 0.29) is 11.8 Å². The van der Waals surface area contributed by atoms with Crippen LogP contribution in [-0.2, 0) is 0 Å². The number of hydrogen-bond acceptors (Lipinski definition) is 2. The lowest BCUT2D eigenvalue weighted by Crippen LogP contribution is -2.15. The summed E-state index contributed by atoms with van der Waals surface area (Å²) >= 11 is 15.3. The maximum atomic E-state index is 12.7. The first-order valence-corrected chi connectivity index (χ1v) is 9.62. The van der Waals surface area contributed by atoms with Gasteiger partial charge in [-0.15, -0.1) is 0 Å². The van der Waals surface area contributed by atoms with Crippen molar-refractivity contribution in [2.75, 3.05) is 5.32 Å². The van der Waals surface area contributed by atoms with Crippen molar-refractivity contribution in [3.8, 4) is 0 Å². The van der Waals surface area contributed by atoms with E-state index in [9.17, 15) is 4.79 Å². The van der Waals surface area contributed by atoms with Crippen LogP contribution in [0.5, 0.6) is 0 Å². The van der Waals surface area contributed by atoms with E-state index in [1.807, 2.05) is 48.5 Å². The molecule has 0 saturated heterocycles. The molecule has 132 valence electrons. The second-order valence-corrected chi connectivity index (χ2v) is 7.68. The average molecular weight is 449 g/mol. The maximum absolute atomic E-state index is 12.7.